The zero-order valence-corrected chi connectivity index (χ0v) is 12.5. The summed E-state index contributed by atoms with van der Waals surface area (Å²) in [7, 11) is 1.25. The van der Waals surface area contributed by atoms with Crippen LogP contribution >= 0.6 is 15.9 Å². The summed E-state index contributed by atoms with van der Waals surface area (Å²) in [6.07, 6.45) is 1.51. The van der Waals surface area contributed by atoms with Gasteiger partial charge in [-0.25, -0.2) is 4.79 Å². The van der Waals surface area contributed by atoms with Gasteiger partial charge in [-0.3, -0.25) is 9.59 Å². The molecule has 0 aliphatic rings. The van der Waals surface area contributed by atoms with E-state index in [2.05, 4.69) is 26.0 Å². The van der Waals surface area contributed by atoms with Crippen molar-refractivity contribution in [2.75, 3.05) is 7.11 Å². The van der Waals surface area contributed by atoms with Crippen LogP contribution in [0.3, 0.4) is 0 Å². The molecule has 1 amide bonds. The summed E-state index contributed by atoms with van der Waals surface area (Å²) in [6, 6.07) is 2.94. The van der Waals surface area contributed by atoms with Crippen LogP contribution in [0.1, 0.15) is 13.8 Å². The fraction of sp³-hybridized carbons (Fsp3) is 0.417. The average Bonchev–Trinajstić information content (AvgIpc) is 2.32. The Morgan fingerprint density at radius 3 is 2.63 bits per heavy atom. The normalized spacial score (nSPS) is 10.9. The van der Waals surface area contributed by atoms with E-state index in [1.54, 1.807) is 6.07 Å². The first-order valence-electron chi connectivity index (χ1n) is 5.51. The van der Waals surface area contributed by atoms with E-state index >= 15 is 0 Å². The van der Waals surface area contributed by atoms with E-state index in [0.29, 0.717) is 4.47 Å². The van der Waals surface area contributed by atoms with E-state index in [-0.39, 0.29) is 12.1 Å². The molecule has 7 heteroatoms. The van der Waals surface area contributed by atoms with Crippen molar-refractivity contribution in [1.82, 2.24) is 9.88 Å². The van der Waals surface area contributed by atoms with E-state index in [9.17, 15) is 14.4 Å². The molecule has 1 heterocycles. The number of nitrogens with one attached hydrogen (secondary N) is 1. The minimum Gasteiger partial charge on any atom is -0.467 e. The van der Waals surface area contributed by atoms with Crippen LogP contribution < -0.4 is 10.9 Å². The topological polar surface area (TPSA) is 77.4 Å². The quantitative estimate of drug-likeness (QED) is 0.823. The lowest BCUT2D eigenvalue weighted by molar-refractivity contribution is -0.149. The number of amides is 1. The molecule has 0 aliphatic carbocycles. The second-order valence-electron chi connectivity index (χ2n) is 4.48. The SMILES string of the molecule is COC(=O)C(C)(C)NC(=O)Cn1cc(Br)ccc1=O. The van der Waals surface area contributed by atoms with Crippen LogP contribution in [0.4, 0.5) is 0 Å². The molecule has 6 nitrogen and oxygen atoms in total. The zero-order chi connectivity index (χ0) is 14.6. The van der Waals surface area contributed by atoms with Crippen molar-refractivity contribution in [1.29, 1.82) is 0 Å². The Morgan fingerprint density at radius 1 is 1.42 bits per heavy atom. The first kappa shape index (κ1) is 15.4. The maximum Gasteiger partial charge on any atom is 0.330 e. The van der Waals surface area contributed by atoms with Crippen LogP contribution in [0.5, 0.6) is 0 Å². The van der Waals surface area contributed by atoms with Crippen molar-refractivity contribution in [3.05, 3.63) is 33.2 Å². The number of rotatable bonds is 4. The molecule has 0 saturated heterocycles. The van der Waals surface area contributed by atoms with Gasteiger partial charge in [-0.1, -0.05) is 0 Å². The third-order valence-corrected chi connectivity index (χ3v) is 2.88. The molecule has 0 unspecified atom stereocenters. The number of aromatic nitrogens is 1. The molecule has 0 bridgehead atoms. The van der Waals surface area contributed by atoms with Crippen molar-refractivity contribution in [3.8, 4) is 0 Å². The molecule has 0 fully saturated rings. The molecule has 1 aromatic heterocycles. The van der Waals surface area contributed by atoms with E-state index in [0.717, 1.165) is 0 Å². The molecular weight excluding hydrogens is 316 g/mol. The number of nitrogens with zero attached hydrogens (tertiary/aromatic N) is 1. The maximum absolute atomic E-state index is 11.8. The molecule has 1 aromatic rings. The molecular formula is C12H15BrN2O4. The van der Waals surface area contributed by atoms with E-state index in [1.807, 2.05) is 0 Å². The van der Waals surface area contributed by atoms with E-state index < -0.39 is 17.4 Å². The van der Waals surface area contributed by atoms with Crippen molar-refractivity contribution in [3.63, 3.8) is 0 Å². The molecule has 19 heavy (non-hydrogen) atoms. The first-order valence-corrected chi connectivity index (χ1v) is 6.31. The predicted octanol–water partition coefficient (Wildman–Crippen LogP) is 0.679. The molecule has 0 atom stereocenters. The largest absolute Gasteiger partial charge is 0.467 e. The van der Waals surface area contributed by atoms with Gasteiger partial charge >= 0.3 is 5.97 Å². The molecule has 0 aliphatic heterocycles. The lowest BCUT2D eigenvalue weighted by atomic mass is 10.1. The number of pyridine rings is 1. The van der Waals surface area contributed by atoms with Gasteiger partial charge in [-0.15, -0.1) is 0 Å². The Hall–Kier alpha value is -1.63. The summed E-state index contributed by atoms with van der Waals surface area (Å²) in [5.41, 5.74) is -1.43. The Labute approximate surface area is 118 Å². The summed E-state index contributed by atoms with van der Waals surface area (Å²) >= 11 is 3.22. The van der Waals surface area contributed by atoms with Crippen LogP contribution in [-0.4, -0.2) is 29.1 Å². The predicted molar refractivity (Wildman–Crippen MR) is 72.6 cm³/mol. The van der Waals surface area contributed by atoms with Gasteiger partial charge in [0.15, 0.2) is 0 Å². The van der Waals surface area contributed by atoms with Crippen LogP contribution in [0.2, 0.25) is 0 Å². The van der Waals surface area contributed by atoms with Crippen molar-refractivity contribution < 1.29 is 14.3 Å². The zero-order valence-electron chi connectivity index (χ0n) is 10.9. The summed E-state index contributed by atoms with van der Waals surface area (Å²) in [5, 5.41) is 2.51. The minimum absolute atomic E-state index is 0.168. The third kappa shape index (κ3) is 4.20. The van der Waals surface area contributed by atoms with Crippen molar-refractivity contribution in [2.24, 2.45) is 0 Å². The fourth-order valence-electron chi connectivity index (χ4n) is 1.47. The number of hydrogen-bond donors (Lipinski definition) is 1. The number of methoxy groups -OCH3 is 1. The van der Waals surface area contributed by atoms with Gasteiger partial charge < -0.3 is 14.6 Å². The van der Waals surface area contributed by atoms with E-state index in [1.165, 1.54) is 37.8 Å². The highest BCUT2D eigenvalue weighted by Gasteiger charge is 2.30. The van der Waals surface area contributed by atoms with Crippen molar-refractivity contribution >= 4 is 27.8 Å². The highest BCUT2D eigenvalue weighted by atomic mass is 79.9. The summed E-state index contributed by atoms with van der Waals surface area (Å²) in [6.45, 7) is 2.89. The van der Waals surface area contributed by atoms with Crippen LogP contribution in [-0.2, 0) is 20.9 Å². The van der Waals surface area contributed by atoms with E-state index in [4.69, 9.17) is 0 Å². The van der Waals surface area contributed by atoms with Crippen LogP contribution in [0.15, 0.2) is 27.6 Å². The van der Waals surface area contributed by atoms with Gasteiger partial charge in [0, 0.05) is 16.7 Å². The van der Waals surface area contributed by atoms with Gasteiger partial charge in [0.2, 0.25) is 5.91 Å². The second-order valence-corrected chi connectivity index (χ2v) is 5.39. The smallest absolute Gasteiger partial charge is 0.330 e. The highest BCUT2D eigenvalue weighted by Crippen LogP contribution is 2.06. The number of ether oxygens (including phenoxy) is 1. The number of carbonyl (C=O) groups is 2. The second kappa shape index (κ2) is 6.01. The molecule has 1 N–H and O–H groups in total. The highest BCUT2D eigenvalue weighted by molar-refractivity contribution is 9.10. The fourth-order valence-corrected chi connectivity index (χ4v) is 1.85. The first-order chi connectivity index (χ1) is 8.76. The van der Waals surface area contributed by atoms with Gasteiger partial charge in [0.25, 0.3) is 5.56 Å². The Balaban J connectivity index is 2.78. The van der Waals surface area contributed by atoms with Gasteiger partial charge in [0.05, 0.1) is 7.11 Å². The Morgan fingerprint density at radius 2 is 2.05 bits per heavy atom. The molecule has 1 rings (SSSR count). The Kier molecular flexibility index (Phi) is 4.88. The monoisotopic (exact) mass is 330 g/mol. The summed E-state index contributed by atoms with van der Waals surface area (Å²) in [4.78, 5) is 34.8. The lowest BCUT2D eigenvalue weighted by Crippen LogP contribution is -2.51. The van der Waals surface area contributed by atoms with Gasteiger partial charge in [-0.05, 0) is 35.8 Å². The Bertz CT molecular complexity index is 551. The summed E-state index contributed by atoms with van der Waals surface area (Å²) in [5.74, 6) is -1.00. The molecule has 104 valence electrons. The molecule has 0 saturated carbocycles. The van der Waals surface area contributed by atoms with Crippen molar-refractivity contribution in [2.45, 2.75) is 25.9 Å². The van der Waals surface area contributed by atoms with Gasteiger partial charge in [0.1, 0.15) is 12.1 Å². The standard InChI is InChI=1S/C12H15BrN2O4/c1-12(2,11(18)19-3)14-9(16)7-15-6-8(13)4-5-10(15)17/h4-6H,7H2,1-3H3,(H,14,16). The van der Waals surface area contributed by atoms with Gasteiger partial charge in [-0.2, -0.15) is 0 Å². The third-order valence-electron chi connectivity index (χ3n) is 2.41. The summed E-state index contributed by atoms with van der Waals surface area (Å²) < 4.78 is 6.51. The minimum atomic E-state index is -1.14. The lowest BCUT2D eigenvalue weighted by Gasteiger charge is -2.23. The van der Waals surface area contributed by atoms with Crippen LogP contribution in [0, 0.1) is 0 Å². The number of halogens is 1. The number of esters is 1. The maximum atomic E-state index is 11.8. The average molecular weight is 331 g/mol. The van der Waals surface area contributed by atoms with Crippen LogP contribution in [0.25, 0.3) is 0 Å². The number of hydrogen-bond acceptors (Lipinski definition) is 4. The molecule has 0 aromatic carbocycles. The molecule has 0 spiro atoms. The molecule has 0 radical (unpaired) electrons. The number of carbonyl (C=O) groups excluding carboxylic acids is 2.